The average molecular weight is 318 g/mol. The summed E-state index contributed by atoms with van der Waals surface area (Å²) in [5.41, 5.74) is 3.35. The lowest BCUT2D eigenvalue weighted by Gasteiger charge is -2.25. The fraction of sp³-hybridized carbons (Fsp3) is 0.190. The molecule has 0 radical (unpaired) electrons. The Morgan fingerprint density at radius 3 is 1.92 bits per heavy atom. The summed E-state index contributed by atoms with van der Waals surface area (Å²) in [4.78, 5) is 6.76. The van der Waals surface area contributed by atoms with Crippen LogP contribution in [0.3, 0.4) is 0 Å². The molecular weight excluding hydrogens is 296 g/mol. The Labute approximate surface area is 143 Å². The summed E-state index contributed by atoms with van der Waals surface area (Å²) < 4.78 is 0. The Hall–Kier alpha value is -2.65. The molecule has 3 heteroatoms. The number of anilines is 1. The fourth-order valence-electron chi connectivity index (χ4n) is 2.69. The van der Waals surface area contributed by atoms with Crippen molar-refractivity contribution in [3.63, 3.8) is 0 Å². The maximum absolute atomic E-state index is 9.86. The van der Waals surface area contributed by atoms with Crippen molar-refractivity contribution < 1.29 is 5.11 Å². The molecule has 0 aliphatic carbocycles. The van der Waals surface area contributed by atoms with Crippen LogP contribution in [-0.4, -0.2) is 10.1 Å². The second kappa shape index (κ2) is 7.75. The summed E-state index contributed by atoms with van der Waals surface area (Å²) in [6.45, 7) is 3.32. The van der Waals surface area contributed by atoms with E-state index in [4.69, 9.17) is 0 Å². The third kappa shape index (κ3) is 4.21. The van der Waals surface area contributed by atoms with E-state index in [1.165, 1.54) is 11.1 Å². The van der Waals surface area contributed by atoms with Crippen molar-refractivity contribution >= 4 is 5.82 Å². The van der Waals surface area contributed by atoms with E-state index in [2.05, 4.69) is 58.4 Å². The first-order valence-electron chi connectivity index (χ1n) is 8.19. The van der Waals surface area contributed by atoms with Crippen LogP contribution in [0.2, 0.25) is 0 Å². The molecule has 0 aliphatic rings. The van der Waals surface area contributed by atoms with E-state index >= 15 is 0 Å². The lowest BCUT2D eigenvalue weighted by molar-refractivity contribution is 0.199. The average Bonchev–Trinajstić information content (AvgIpc) is 2.63. The highest BCUT2D eigenvalue weighted by molar-refractivity contribution is 5.43. The number of benzene rings is 2. The number of rotatable bonds is 6. The fourth-order valence-corrected chi connectivity index (χ4v) is 2.69. The molecule has 2 aromatic carbocycles. The van der Waals surface area contributed by atoms with Crippen molar-refractivity contribution in [1.82, 2.24) is 4.98 Å². The quantitative estimate of drug-likeness (QED) is 0.734. The third-order valence-electron chi connectivity index (χ3n) is 4.01. The molecule has 1 unspecified atom stereocenters. The zero-order valence-electron chi connectivity index (χ0n) is 13.8. The van der Waals surface area contributed by atoms with E-state index in [9.17, 15) is 5.11 Å². The molecule has 1 N–H and O–H groups in total. The minimum atomic E-state index is -0.498. The van der Waals surface area contributed by atoms with Crippen LogP contribution in [0.5, 0.6) is 0 Å². The van der Waals surface area contributed by atoms with Gasteiger partial charge in [0.05, 0.1) is 6.10 Å². The van der Waals surface area contributed by atoms with Gasteiger partial charge in [-0.2, -0.15) is 0 Å². The van der Waals surface area contributed by atoms with E-state index in [0.717, 1.165) is 24.5 Å². The van der Waals surface area contributed by atoms with Gasteiger partial charge in [0.2, 0.25) is 0 Å². The summed E-state index contributed by atoms with van der Waals surface area (Å²) in [6.07, 6.45) is 1.27. The summed E-state index contributed by atoms with van der Waals surface area (Å²) in [6, 6.07) is 24.6. The zero-order valence-corrected chi connectivity index (χ0v) is 13.8. The van der Waals surface area contributed by atoms with Crippen LogP contribution in [0.25, 0.3) is 0 Å². The molecule has 122 valence electrons. The molecule has 0 aliphatic heterocycles. The first-order valence-corrected chi connectivity index (χ1v) is 8.19. The van der Waals surface area contributed by atoms with Crippen LogP contribution >= 0.6 is 0 Å². The molecule has 1 atom stereocenters. The van der Waals surface area contributed by atoms with E-state index in [0.29, 0.717) is 0 Å². The van der Waals surface area contributed by atoms with Crippen molar-refractivity contribution in [2.45, 2.75) is 26.1 Å². The highest BCUT2D eigenvalue weighted by Gasteiger charge is 2.12. The van der Waals surface area contributed by atoms with Gasteiger partial charge in [-0.3, -0.25) is 0 Å². The number of hydrogen-bond donors (Lipinski definition) is 1. The molecule has 0 saturated heterocycles. The first-order chi connectivity index (χ1) is 11.7. The number of nitrogens with zero attached hydrogens (tertiary/aromatic N) is 2. The minimum Gasteiger partial charge on any atom is -0.389 e. The maximum atomic E-state index is 9.86. The maximum Gasteiger partial charge on any atom is 0.129 e. The zero-order chi connectivity index (χ0) is 16.8. The molecule has 24 heavy (non-hydrogen) atoms. The second-order valence-corrected chi connectivity index (χ2v) is 5.95. The van der Waals surface area contributed by atoms with Crippen LogP contribution in [0, 0.1) is 0 Å². The largest absolute Gasteiger partial charge is 0.389 e. The summed E-state index contributed by atoms with van der Waals surface area (Å²) in [5.74, 6) is 0.876. The predicted molar refractivity (Wildman–Crippen MR) is 97.6 cm³/mol. The summed E-state index contributed by atoms with van der Waals surface area (Å²) in [7, 11) is 0. The second-order valence-electron chi connectivity index (χ2n) is 5.95. The molecule has 0 saturated carbocycles. The first kappa shape index (κ1) is 16.2. The van der Waals surface area contributed by atoms with Gasteiger partial charge in [0.25, 0.3) is 0 Å². The Morgan fingerprint density at radius 1 is 0.875 bits per heavy atom. The molecule has 1 aromatic heterocycles. The molecule has 0 spiro atoms. The van der Waals surface area contributed by atoms with Gasteiger partial charge in [-0.25, -0.2) is 4.98 Å². The number of aliphatic hydroxyl groups excluding tert-OH is 1. The van der Waals surface area contributed by atoms with E-state index in [-0.39, 0.29) is 0 Å². The Morgan fingerprint density at radius 2 is 1.42 bits per heavy atom. The van der Waals surface area contributed by atoms with Gasteiger partial charge in [-0.15, -0.1) is 0 Å². The van der Waals surface area contributed by atoms with Crippen molar-refractivity contribution in [3.8, 4) is 0 Å². The third-order valence-corrected chi connectivity index (χ3v) is 4.01. The molecule has 0 fully saturated rings. The number of pyridine rings is 1. The highest BCUT2D eigenvalue weighted by Crippen LogP contribution is 2.22. The molecule has 3 aromatic rings. The van der Waals surface area contributed by atoms with E-state index in [1.807, 2.05) is 24.3 Å². The molecule has 3 rings (SSSR count). The van der Waals surface area contributed by atoms with Crippen molar-refractivity contribution in [2.24, 2.45) is 0 Å². The van der Waals surface area contributed by atoms with Gasteiger partial charge < -0.3 is 10.0 Å². The molecule has 1 heterocycles. The van der Waals surface area contributed by atoms with Gasteiger partial charge in [0.1, 0.15) is 5.82 Å². The molecule has 0 amide bonds. The summed E-state index contributed by atoms with van der Waals surface area (Å²) in [5, 5.41) is 9.86. The molecule has 3 nitrogen and oxygen atoms in total. The van der Waals surface area contributed by atoms with Crippen LogP contribution < -0.4 is 4.90 Å². The number of aromatic nitrogens is 1. The lowest BCUT2D eigenvalue weighted by atomic mass is 10.1. The van der Waals surface area contributed by atoms with Crippen LogP contribution in [0.15, 0.2) is 79.0 Å². The van der Waals surface area contributed by atoms with Gasteiger partial charge in [-0.1, -0.05) is 60.7 Å². The summed E-state index contributed by atoms with van der Waals surface area (Å²) >= 11 is 0. The topological polar surface area (TPSA) is 36.4 Å². The van der Waals surface area contributed by atoms with Gasteiger partial charge in [0, 0.05) is 19.3 Å². The van der Waals surface area contributed by atoms with Gasteiger partial charge in [0.15, 0.2) is 0 Å². The molecular formula is C21H22N2O. The Balaban J connectivity index is 1.90. The Bertz CT molecular complexity index is 716. The lowest BCUT2D eigenvalue weighted by Crippen LogP contribution is -2.23. The van der Waals surface area contributed by atoms with E-state index in [1.54, 1.807) is 13.1 Å². The molecule has 0 bridgehead atoms. The van der Waals surface area contributed by atoms with Crippen molar-refractivity contribution in [1.29, 1.82) is 0 Å². The van der Waals surface area contributed by atoms with Gasteiger partial charge >= 0.3 is 0 Å². The SMILES string of the molecule is CC(O)c1ccnc(N(Cc2ccccc2)Cc2ccccc2)c1. The normalized spacial score (nSPS) is 11.9. The monoisotopic (exact) mass is 318 g/mol. The highest BCUT2D eigenvalue weighted by atomic mass is 16.3. The van der Waals surface area contributed by atoms with Crippen molar-refractivity contribution in [3.05, 3.63) is 95.7 Å². The van der Waals surface area contributed by atoms with Crippen molar-refractivity contribution in [2.75, 3.05) is 4.90 Å². The minimum absolute atomic E-state index is 0.498. The smallest absolute Gasteiger partial charge is 0.129 e. The standard InChI is InChI=1S/C21H22N2O/c1-17(24)20-12-13-22-21(14-20)23(15-18-8-4-2-5-9-18)16-19-10-6-3-7-11-19/h2-14,17,24H,15-16H2,1H3. The number of aliphatic hydroxyl groups is 1. The predicted octanol–water partition coefficient (Wildman–Crippen LogP) is 4.34. The van der Waals surface area contributed by atoms with Crippen LogP contribution in [0.1, 0.15) is 29.7 Å². The van der Waals surface area contributed by atoms with Crippen LogP contribution in [0.4, 0.5) is 5.82 Å². The number of hydrogen-bond acceptors (Lipinski definition) is 3. The van der Waals surface area contributed by atoms with Gasteiger partial charge in [-0.05, 0) is 35.7 Å². The Kier molecular flexibility index (Phi) is 5.24. The van der Waals surface area contributed by atoms with Crippen LogP contribution in [-0.2, 0) is 13.1 Å². The van der Waals surface area contributed by atoms with E-state index < -0.39 is 6.10 Å².